The summed E-state index contributed by atoms with van der Waals surface area (Å²) in [5.74, 6) is 0. The molecule has 1 aromatic carbocycles. The van der Waals surface area contributed by atoms with Gasteiger partial charge in [0.05, 0.1) is 10.9 Å². The molecule has 3 heteroatoms. The van der Waals surface area contributed by atoms with Gasteiger partial charge in [-0.05, 0) is 42.1 Å². The van der Waals surface area contributed by atoms with Crippen molar-refractivity contribution in [1.29, 1.82) is 0 Å². The summed E-state index contributed by atoms with van der Waals surface area (Å²) in [6.45, 7) is 2.17. The van der Waals surface area contributed by atoms with E-state index in [0.29, 0.717) is 0 Å². The second kappa shape index (κ2) is 7.11. The van der Waals surface area contributed by atoms with E-state index in [1.807, 2.05) is 42.7 Å². The fourth-order valence-electron chi connectivity index (χ4n) is 2.31. The van der Waals surface area contributed by atoms with E-state index in [-0.39, 0.29) is 0 Å². The molecule has 0 bridgehead atoms. The average Bonchev–Trinajstić information content (AvgIpc) is 2.58. The van der Waals surface area contributed by atoms with E-state index in [2.05, 4.69) is 59.4 Å². The number of hydrogen-bond donors (Lipinski definition) is 0. The molecule has 0 aliphatic rings. The van der Waals surface area contributed by atoms with E-state index in [4.69, 9.17) is 0 Å². The van der Waals surface area contributed by atoms with E-state index < -0.39 is 7.92 Å². The summed E-state index contributed by atoms with van der Waals surface area (Å²) in [5.41, 5.74) is 3.38. The van der Waals surface area contributed by atoms with Gasteiger partial charge in [-0.2, -0.15) is 0 Å². The molecule has 22 heavy (non-hydrogen) atoms. The quantitative estimate of drug-likeness (QED) is 0.682. The Hall–Kier alpha value is -2.31. The fourth-order valence-corrected chi connectivity index (χ4v) is 4.38. The lowest BCUT2D eigenvalue weighted by Gasteiger charge is -2.17. The highest BCUT2D eigenvalue weighted by Crippen LogP contribution is 2.41. The molecule has 3 aromatic rings. The molecule has 3 rings (SSSR count). The highest BCUT2D eigenvalue weighted by atomic mass is 31.1. The maximum absolute atomic E-state index is 4.57. The first-order valence-corrected chi connectivity index (χ1v) is 8.54. The highest BCUT2D eigenvalue weighted by molar-refractivity contribution is 7.76. The predicted molar refractivity (Wildman–Crippen MR) is 94.8 cm³/mol. The van der Waals surface area contributed by atoms with Crippen molar-refractivity contribution in [2.75, 3.05) is 0 Å². The van der Waals surface area contributed by atoms with Gasteiger partial charge < -0.3 is 0 Å². The Kier molecular flexibility index (Phi) is 4.72. The van der Waals surface area contributed by atoms with E-state index in [1.54, 1.807) is 0 Å². The molecule has 0 saturated carbocycles. The molecule has 0 saturated heterocycles. The topological polar surface area (TPSA) is 25.8 Å². The van der Waals surface area contributed by atoms with Crippen LogP contribution in [0.25, 0.3) is 6.08 Å². The van der Waals surface area contributed by atoms with Gasteiger partial charge in [-0.15, -0.1) is 0 Å². The van der Waals surface area contributed by atoms with E-state index in [9.17, 15) is 0 Å². The van der Waals surface area contributed by atoms with Gasteiger partial charge in [0.2, 0.25) is 0 Å². The number of allylic oxidation sites excluding steroid dienone is 1. The maximum Gasteiger partial charge on any atom is 0.0733 e. The van der Waals surface area contributed by atoms with Crippen LogP contribution in [0.1, 0.15) is 12.5 Å². The number of nitrogens with zero attached hydrogens (tertiary/aromatic N) is 2. The minimum Gasteiger partial charge on any atom is -0.256 e. The minimum atomic E-state index is -0.697. The largest absolute Gasteiger partial charge is 0.256 e. The third-order valence-corrected chi connectivity index (χ3v) is 5.56. The summed E-state index contributed by atoms with van der Waals surface area (Å²) >= 11 is 0. The van der Waals surface area contributed by atoms with E-state index >= 15 is 0 Å². The lowest BCUT2D eigenvalue weighted by Crippen LogP contribution is -2.17. The van der Waals surface area contributed by atoms with Gasteiger partial charge in [-0.3, -0.25) is 9.97 Å². The molecule has 2 aromatic heterocycles. The standard InChI is InChI=1S/C19H17N2P/c1-16(15-17-9-3-2-4-10-17)22(18-11-5-7-13-20-18)19-12-6-8-14-21-19/h2-15H,1H3/b16-15+. The summed E-state index contributed by atoms with van der Waals surface area (Å²) < 4.78 is 0. The van der Waals surface area contributed by atoms with Crippen LogP contribution >= 0.6 is 7.92 Å². The molecular formula is C19H17N2P. The summed E-state index contributed by atoms with van der Waals surface area (Å²) in [5, 5.41) is 1.29. The van der Waals surface area contributed by atoms with Gasteiger partial charge in [0, 0.05) is 20.3 Å². The molecule has 0 spiro atoms. The normalized spacial score (nSPS) is 11.6. The van der Waals surface area contributed by atoms with E-state index in [1.165, 1.54) is 10.9 Å². The Morgan fingerprint density at radius 1 is 0.773 bits per heavy atom. The van der Waals surface area contributed by atoms with Crippen molar-refractivity contribution < 1.29 is 0 Å². The first-order chi connectivity index (χ1) is 10.8. The summed E-state index contributed by atoms with van der Waals surface area (Å²) in [4.78, 5) is 9.13. The van der Waals surface area contributed by atoms with Crippen LogP contribution in [0, 0.1) is 0 Å². The van der Waals surface area contributed by atoms with Gasteiger partial charge in [0.25, 0.3) is 0 Å². The predicted octanol–water partition coefficient (Wildman–Crippen LogP) is 3.97. The van der Waals surface area contributed by atoms with Gasteiger partial charge in [-0.1, -0.05) is 48.5 Å². The zero-order chi connectivity index (χ0) is 15.2. The Morgan fingerprint density at radius 2 is 1.32 bits per heavy atom. The molecule has 0 radical (unpaired) electrons. The first kappa shape index (κ1) is 14.6. The number of aromatic nitrogens is 2. The smallest absolute Gasteiger partial charge is 0.0733 e. The van der Waals surface area contributed by atoms with E-state index in [0.717, 1.165) is 10.9 Å². The number of rotatable bonds is 4. The fraction of sp³-hybridized carbons (Fsp3) is 0.0526. The molecule has 0 aliphatic heterocycles. The Morgan fingerprint density at radius 3 is 1.82 bits per heavy atom. The third kappa shape index (κ3) is 3.47. The zero-order valence-electron chi connectivity index (χ0n) is 12.4. The lowest BCUT2D eigenvalue weighted by molar-refractivity contribution is 1.37. The summed E-state index contributed by atoms with van der Waals surface area (Å²) in [7, 11) is -0.697. The second-order valence-electron chi connectivity index (χ2n) is 4.91. The monoisotopic (exact) mass is 304 g/mol. The van der Waals surface area contributed by atoms with Gasteiger partial charge in [0.15, 0.2) is 0 Å². The SMILES string of the molecule is C/C(=C\c1ccccc1)P(c1ccccn1)c1ccccn1. The molecule has 0 fully saturated rings. The van der Waals surface area contributed by atoms with Gasteiger partial charge in [0.1, 0.15) is 0 Å². The van der Waals surface area contributed by atoms with Crippen LogP contribution in [0.4, 0.5) is 0 Å². The molecular weight excluding hydrogens is 287 g/mol. The van der Waals surface area contributed by atoms with Gasteiger partial charge in [-0.25, -0.2) is 0 Å². The highest BCUT2D eigenvalue weighted by Gasteiger charge is 2.18. The van der Waals surface area contributed by atoms with Crippen LogP contribution in [0.5, 0.6) is 0 Å². The maximum atomic E-state index is 4.57. The van der Waals surface area contributed by atoms with Crippen LogP contribution in [0.2, 0.25) is 0 Å². The molecule has 0 amide bonds. The van der Waals surface area contributed by atoms with Crippen LogP contribution in [-0.2, 0) is 0 Å². The van der Waals surface area contributed by atoms with Crippen molar-refractivity contribution in [2.45, 2.75) is 6.92 Å². The van der Waals surface area contributed by atoms with Crippen LogP contribution in [-0.4, -0.2) is 9.97 Å². The molecule has 2 nitrogen and oxygen atoms in total. The number of pyridine rings is 2. The molecule has 2 heterocycles. The van der Waals surface area contributed by atoms with Crippen molar-refractivity contribution in [1.82, 2.24) is 9.97 Å². The average molecular weight is 304 g/mol. The number of hydrogen-bond acceptors (Lipinski definition) is 2. The summed E-state index contributed by atoms with van der Waals surface area (Å²) in [6.07, 6.45) is 5.93. The molecule has 0 N–H and O–H groups in total. The number of benzene rings is 1. The van der Waals surface area contributed by atoms with Crippen LogP contribution in [0.3, 0.4) is 0 Å². The zero-order valence-corrected chi connectivity index (χ0v) is 13.3. The summed E-state index contributed by atoms with van der Waals surface area (Å²) in [6, 6.07) is 22.5. The van der Waals surface area contributed by atoms with Crippen LogP contribution in [0.15, 0.2) is 84.4 Å². The van der Waals surface area contributed by atoms with Crippen LogP contribution < -0.4 is 10.9 Å². The molecule has 0 atom stereocenters. The van der Waals surface area contributed by atoms with Gasteiger partial charge >= 0.3 is 0 Å². The minimum absolute atomic E-state index is 0.697. The van der Waals surface area contributed by atoms with Crippen molar-refractivity contribution in [2.24, 2.45) is 0 Å². The first-order valence-electron chi connectivity index (χ1n) is 7.20. The second-order valence-corrected chi connectivity index (χ2v) is 7.20. The van der Waals surface area contributed by atoms with Crippen molar-refractivity contribution in [3.05, 3.63) is 90.0 Å². The third-order valence-electron chi connectivity index (χ3n) is 3.28. The molecule has 0 aliphatic carbocycles. The Labute approximate surface area is 132 Å². The Bertz CT molecular complexity index is 701. The van der Waals surface area contributed by atoms with Crippen molar-refractivity contribution in [3.8, 4) is 0 Å². The Balaban J connectivity index is 2.04. The lowest BCUT2D eigenvalue weighted by atomic mass is 10.2. The molecule has 108 valence electrons. The van der Waals surface area contributed by atoms with Crippen molar-refractivity contribution >= 4 is 24.9 Å². The molecule has 0 unspecified atom stereocenters. The van der Waals surface area contributed by atoms with Crippen molar-refractivity contribution in [3.63, 3.8) is 0 Å².